The summed E-state index contributed by atoms with van der Waals surface area (Å²) in [6.45, 7) is 4.86. The van der Waals surface area contributed by atoms with Crippen LogP contribution in [0, 0.1) is 0 Å². The van der Waals surface area contributed by atoms with Gasteiger partial charge in [-0.1, -0.05) is 294 Å². The Morgan fingerprint density at radius 2 is 0.739 bits per heavy atom. The molecule has 0 spiro atoms. The van der Waals surface area contributed by atoms with Gasteiger partial charge in [-0.3, -0.25) is 9.59 Å². The van der Waals surface area contributed by atoms with Crippen LogP contribution in [-0.2, 0) is 14.3 Å². The van der Waals surface area contributed by atoms with E-state index in [0.717, 1.165) is 57.8 Å². The number of amides is 1. The zero-order valence-electron chi connectivity index (χ0n) is 46.3. The Labute approximate surface area is 430 Å². The summed E-state index contributed by atoms with van der Waals surface area (Å²) < 4.78 is 5.47. The van der Waals surface area contributed by atoms with Gasteiger partial charge >= 0.3 is 5.97 Å². The Bertz CT molecular complexity index is 1120. The fourth-order valence-electron chi connectivity index (χ4n) is 9.42. The largest absolute Gasteiger partial charge is 0.466 e. The van der Waals surface area contributed by atoms with E-state index in [9.17, 15) is 19.8 Å². The first kappa shape index (κ1) is 67.1. The maximum absolute atomic E-state index is 12.5. The maximum atomic E-state index is 12.5. The van der Waals surface area contributed by atoms with Gasteiger partial charge in [-0.2, -0.15) is 0 Å². The predicted octanol–water partition coefficient (Wildman–Crippen LogP) is 19.2. The Morgan fingerprint density at radius 1 is 0.406 bits per heavy atom. The second-order valence-electron chi connectivity index (χ2n) is 21.0. The van der Waals surface area contributed by atoms with E-state index in [0.29, 0.717) is 19.4 Å². The summed E-state index contributed by atoms with van der Waals surface area (Å²) in [5, 5.41) is 23.2. The molecule has 1 amide bonds. The third kappa shape index (κ3) is 55.2. The number of ether oxygens (including phenoxy) is 1. The van der Waals surface area contributed by atoms with Crippen LogP contribution in [0.2, 0.25) is 0 Å². The van der Waals surface area contributed by atoms with Gasteiger partial charge in [0.25, 0.3) is 0 Å². The fourth-order valence-corrected chi connectivity index (χ4v) is 9.42. The summed E-state index contributed by atoms with van der Waals surface area (Å²) in [6, 6.07) is -0.635. The number of esters is 1. The lowest BCUT2D eigenvalue weighted by Gasteiger charge is -2.20. The molecule has 0 heterocycles. The van der Waals surface area contributed by atoms with E-state index in [-0.39, 0.29) is 18.5 Å². The third-order valence-electron chi connectivity index (χ3n) is 14.2. The van der Waals surface area contributed by atoms with Gasteiger partial charge in [0.2, 0.25) is 5.91 Å². The first-order valence-corrected chi connectivity index (χ1v) is 30.8. The molecule has 0 aromatic carbocycles. The molecule has 0 aromatic heterocycles. The molecule has 0 bridgehead atoms. The molecule has 0 radical (unpaired) electrons. The van der Waals surface area contributed by atoms with Gasteiger partial charge in [-0.25, -0.2) is 0 Å². The molecule has 0 rings (SSSR count). The molecule has 3 N–H and O–H groups in total. The van der Waals surface area contributed by atoms with Gasteiger partial charge in [0.05, 0.1) is 25.4 Å². The zero-order chi connectivity index (χ0) is 50.0. The van der Waals surface area contributed by atoms with Crippen LogP contribution in [-0.4, -0.2) is 47.4 Å². The molecular formula is C63H119NO5. The first-order chi connectivity index (χ1) is 34.0. The average molecular weight is 971 g/mol. The second-order valence-corrected chi connectivity index (χ2v) is 21.0. The Kier molecular flexibility index (Phi) is 57.0. The van der Waals surface area contributed by atoms with Crippen LogP contribution in [0.4, 0.5) is 0 Å². The lowest BCUT2D eigenvalue weighted by molar-refractivity contribution is -0.143. The van der Waals surface area contributed by atoms with Gasteiger partial charge in [-0.05, 0) is 57.8 Å². The van der Waals surface area contributed by atoms with Crippen molar-refractivity contribution in [3.05, 3.63) is 36.5 Å². The van der Waals surface area contributed by atoms with Crippen molar-refractivity contribution >= 4 is 11.9 Å². The van der Waals surface area contributed by atoms with Crippen LogP contribution in [0.3, 0.4) is 0 Å². The predicted molar refractivity (Wildman–Crippen MR) is 301 cm³/mol. The molecule has 6 nitrogen and oxygen atoms in total. The minimum Gasteiger partial charge on any atom is -0.466 e. The van der Waals surface area contributed by atoms with E-state index in [1.54, 1.807) is 6.08 Å². The second kappa shape index (κ2) is 58.6. The van der Waals surface area contributed by atoms with Crippen molar-refractivity contribution in [3.63, 3.8) is 0 Å². The van der Waals surface area contributed by atoms with E-state index >= 15 is 0 Å². The van der Waals surface area contributed by atoms with Gasteiger partial charge in [0, 0.05) is 12.8 Å². The fraction of sp³-hybridized carbons (Fsp3) is 0.873. The number of hydrogen-bond acceptors (Lipinski definition) is 5. The van der Waals surface area contributed by atoms with E-state index in [1.807, 2.05) is 6.08 Å². The SMILES string of the molecule is CCCC/C=C\C/C=C\CCCCCCCC(=O)OCCCCCCCCCCCCCCCCCCC(=O)NC(CO)C(O)/C=C/CCCCCCCCCCCCCCCCCCCCCC. The normalized spacial score (nSPS) is 12.8. The van der Waals surface area contributed by atoms with E-state index in [1.165, 1.54) is 244 Å². The number of nitrogens with one attached hydrogen (secondary N) is 1. The minimum atomic E-state index is -0.851. The number of carbonyl (C=O) groups excluding carboxylic acids is 2. The minimum absolute atomic E-state index is 0.0122. The molecular weight excluding hydrogens is 851 g/mol. The molecule has 0 aliphatic rings. The van der Waals surface area contributed by atoms with Crippen molar-refractivity contribution < 1.29 is 24.5 Å². The number of aliphatic hydroxyl groups excluding tert-OH is 2. The van der Waals surface area contributed by atoms with E-state index in [2.05, 4.69) is 43.5 Å². The molecule has 0 aliphatic carbocycles. The number of unbranched alkanes of at least 4 members (excludes halogenated alkanes) is 42. The van der Waals surface area contributed by atoms with Crippen molar-refractivity contribution in [2.45, 2.75) is 341 Å². The average Bonchev–Trinajstić information content (AvgIpc) is 3.35. The highest BCUT2D eigenvalue weighted by molar-refractivity contribution is 5.76. The van der Waals surface area contributed by atoms with Crippen molar-refractivity contribution in [1.29, 1.82) is 0 Å². The summed E-state index contributed by atoms with van der Waals surface area (Å²) in [4.78, 5) is 24.5. The monoisotopic (exact) mass is 970 g/mol. The molecule has 0 fully saturated rings. The number of allylic oxidation sites excluding steroid dienone is 5. The summed E-state index contributed by atoms with van der Waals surface area (Å²) in [5.74, 6) is -0.0849. The van der Waals surface area contributed by atoms with Crippen LogP contribution < -0.4 is 5.32 Å². The molecule has 0 aliphatic heterocycles. The Morgan fingerprint density at radius 3 is 1.14 bits per heavy atom. The Hall–Kier alpha value is -1.92. The zero-order valence-corrected chi connectivity index (χ0v) is 46.3. The topological polar surface area (TPSA) is 95.9 Å². The lowest BCUT2D eigenvalue weighted by atomic mass is 10.0. The molecule has 0 saturated carbocycles. The highest BCUT2D eigenvalue weighted by Gasteiger charge is 2.18. The third-order valence-corrected chi connectivity index (χ3v) is 14.2. The highest BCUT2D eigenvalue weighted by atomic mass is 16.5. The molecule has 406 valence electrons. The molecule has 2 unspecified atom stereocenters. The Balaban J connectivity index is 3.47. The standard InChI is InChI=1S/C63H119NO5/c1-3-5-7-9-11-13-15-17-19-20-21-22-23-24-25-28-31-35-39-43-47-51-55-61(66)60(59-65)64-62(67)56-52-48-44-40-36-32-29-26-27-30-34-38-42-46-50-54-58-69-63(68)57-53-49-45-41-37-33-18-16-14-12-10-8-6-4-2/h10,12,16,18,51,55,60-61,65-66H,3-9,11,13-15,17,19-50,52-54,56-59H2,1-2H3,(H,64,67)/b12-10-,18-16-,55-51+. The summed E-state index contributed by atoms with van der Waals surface area (Å²) in [5.41, 5.74) is 0. The molecule has 0 aromatic rings. The molecule has 6 heteroatoms. The molecule has 2 atom stereocenters. The quantitative estimate of drug-likeness (QED) is 0.0321. The van der Waals surface area contributed by atoms with Gasteiger partial charge in [0.15, 0.2) is 0 Å². The number of rotatable bonds is 57. The van der Waals surface area contributed by atoms with Crippen LogP contribution >= 0.6 is 0 Å². The highest BCUT2D eigenvalue weighted by Crippen LogP contribution is 2.17. The number of carbonyl (C=O) groups is 2. The van der Waals surface area contributed by atoms with Gasteiger partial charge in [-0.15, -0.1) is 0 Å². The smallest absolute Gasteiger partial charge is 0.305 e. The lowest BCUT2D eigenvalue weighted by Crippen LogP contribution is -2.45. The van der Waals surface area contributed by atoms with E-state index < -0.39 is 12.1 Å². The van der Waals surface area contributed by atoms with Gasteiger partial charge < -0.3 is 20.3 Å². The van der Waals surface area contributed by atoms with Crippen LogP contribution in [0.5, 0.6) is 0 Å². The maximum Gasteiger partial charge on any atom is 0.305 e. The first-order valence-electron chi connectivity index (χ1n) is 30.8. The summed E-state index contributed by atoms with van der Waals surface area (Å²) in [7, 11) is 0. The van der Waals surface area contributed by atoms with Crippen molar-refractivity contribution in [2.75, 3.05) is 13.2 Å². The van der Waals surface area contributed by atoms with Crippen LogP contribution in [0.15, 0.2) is 36.5 Å². The van der Waals surface area contributed by atoms with Gasteiger partial charge in [0.1, 0.15) is 0 Å². The summed E-state index contributed by atoms with van der Waals surface area (Å²) in [6.07, 6.45) is 73.1. The van der Waals surface area contributed by atoms with E-state index in [4.69, 9.17) is 4.74 Å². The summed E-state index contributed by atoms with van der Waals surface area (Å²) >= 11 is 0. The van der Waals surface area contributed by atoms with Crippen molar-refractivity contribution in [1.82, 2.24) is 5.32 Å². The van der Waals surface area contributed by atoms with Crippen molar-refractivity contribution in [3.8, 4) is 0 Å². The molecule has 69 heavy (non-hydrogen) atoms. The number of aliphatic hydroxyl groups is 2. The van der Waals surface area contributed by atoms with Crippen molar-refractivity contribution in [2.24, 2.45) is 0 Å². The van der Waals surface area contributed by atoms with Crippen LogP contribution in [0.25, 0.3) is 0 Å². The van der Waals surface area contributed by atoms with Crippen LogP contribution in [0.1, 0.15) is 328 Å². The number of hydrogen-bond donors (Lipinski definition) is 3. The molecule has 0 saturated heterocycles.